The van der Waals surface area contributed by atoms with Gasteiger partial charge in [0.05, 0.1) is 18.2 Å². The first kappa shape index (κ1) is 12.3. The average molecular weight is 267 g/mol. The molecule has 100 valence electrons. The summed E-state index contributed by atoms with van der Waals surface area (Å²) in [4.78, 5) is 12.1. The SMILES string of the molecule is COc1cc(-c2cc(=O)c3ccccc3o2)ccc1N. The molecule has 0 aliphatic rings. The van der Waals surface area contributed by atoms with Gasteiger partial charge in [0, 0.05) is 11.6 Å². The molecule has 20 heavy (non-hydrogen) atoms. The third-order valence-electron chi connectivity index (χ3n) is 3.15. The van der Waals surface area contributed by atoms with Gasteiger partial charge in [-0.05, 0) is 30.3 Å². The van der Waals surface area contributed by atoms with Crippen LogP contribution in [0, 0.1) is 0 Å². The van der Waals surface area contributed by atoms with E-state index in [-0.39, 0.29) is 5.43 Å². The fraction of sp³-hybridized carbons (Fsp3) is 0.0625. The molecule has 0 amide bonds. The summed E-state index contributed by atoms with van der Waals surface area (Å²) in [6.07, 6.45) is 0. The summed E-state index contributed by atoms with van der Waals surface area (Å²) in [5, 5.41) is 0.568. The molecular formula is C16H13NO3. The van der Waals surface area contributed by atoms with Gasteiger partial charge in [0.15, 0.2) is 5.43 Å². The predicted molar refractivity (Wildman–Crippen MR) is 78.9 cm³/mol. The second kappa shape index (κ2) is 4.74. The summed E-state index contributed by atoms with van der Waals surface area (Å²) < 4.78 is 11.0. The number of fused-ring (bicyclic) bond motifs is 1. The van der Waals surface area contributed by atoms with E-state index in [1.807, 2.05) is 12.1 Å². The Balaban J connectivity index is 2.22. The Morgan fingerprint density at radius 2 is 1.90 bits per heavy atom. The van der Waals surface area contributed by atoms with E-state index in [4.69, 9.17) is 14.9 Å². The Labute approximate surface area is 115 Å². The van der Waals surface area contributed by atoms with Crippen molar-refractivity contribution in [3.05, 3.63) is 58.8 Å². The molecule has 0 bridgehead atoms. The third kappa shape index (κ3) is 2.01. The van der Waals surface area contributed by atoms with E-state index in [0.29, 0.717) is 28.2 Å². The summed E-state index contributed by atoms with van der Waals surface area (Å²) >= 11 is 0. The zero-order valence-electron chi connectivity index (χ0n) is 10.9. The van der Waals surface area contributed by atoms with Crippen LogP contribution in [0.1, 0.15) is 0 Å². The summed E-state index contributed by atoms with van der Waals surface area (Å²) in [5.41, 5.74) is 7.56. The highest BCUT2D eigenvalue weighted by molar-refractivity contribution is 5.79. The lowest BCUT2D eigenvalue weighted by Crippen LogP contribution is -2.00. The van der Waals surface area contributed by atoms with E-state index in [9.17, 15) is 4.79 Å². The Hall–Kier alpha value is -2.75. The number of hydrogen-bond donors (Lipinski definition) is 1. The van der Waals surface area contributed by atoms with E-state index in [0.717, 1.165) is 5.56 Å². The van der Waals surface area contributed by atoms with Crippen molar-refractivity contribution in [1.82, 2.24) is 0 Å². The van der Waals surface area contributed by atoms with Crippen molar-refractivity contribution >= 4 is 16.7 Å². The highest BCUT2D eigenvalue weighted by Gasteiger charge is 2.08. The second-order valence-electron chi connectivity index (χ2n) is 4.43. The van der Waals surface area contributed by atoms with Gasteiger partial charge in [-0.1, -0.05) is 12.1 Å². The number of para-hydroxylation sites is 1. The molecule has 0 saturated heterocycles. The fourth-order valence-corrected chi connectivity index (χ4v) is 2.11. The van der Waals surface area contributed by atoms with Crippen LogP contribution in [0.15, 0.2) is 57.7 Å². The van der Waals surface area contributed by atoms with Crippen molar-refractivity contribution in [1.29, 1.82) is 0 Å². The van der Waals surface area contributed by atoms with E-state index in [1.165, 1.54) is 6.07 Å². The van der Waals surface area contributed by atoms with Gasteiger partial charge in [-0.25, -0.2) is 0 Å². The molecule has 0 spiro atoms. The first-order chi connectivity index (χ1) is 9.69. The van der Waals surface area contributed by atoms with Crippen LogP contribution in [-0.2, 0) is 0 Å². The minimum Gasteiger partial charge on any atom is -0.495 e. The Kier molecular flexibility index (Phi) is 2.91. The Morgan fingerprint density at radius 1 is 1.10 bits per heavy atom. The van der Waals surface area contributed by atoms with Crippen molar-refractivity contribution in [3.8, 4) is 17.1 Å². The van der Waals surface area contributed by atoms with E-state index in [2.05, 4.69) is 0 Å². The molecule has 0 atom stereocenters. The van der Waals surface area contributed by atoms with Gasteiger partial charge < -0.3 is 14.9 Å². The smallest absolute Gasteiger partial charge is 0.193 e. The maximum Gasteiger partial charge on any atom is 0.193 e. The molecule has 3 aromatic rings. The molecule has 0 radical (unpaired) electrons. The highest BCUT2D eigenvalue weighted by atomic mass is 16.5. The predicted octanol–water partition coefficient (Wildman–Crippen LogP) is 3.05. The van der Waals surface area contributed by atoms with Crippen molar-refractivity contribution in [3.63, 3.8) is 0 Å². The number of methoxy groups -OCH3 is 1. The lowest BCUT2D eigenvalue weighted by atomic mass is 10.1. The fourth-order valence-electron chi connectivity index (χ4n) is 2.11. The minimum atomic E-state index is -0.0716. The molecule has 4 heteroatoms. The zero-order valence-corrected chi connectivity index (χ0v) is 10.9. The summed E-state index contributed by atoms with van der Waals surface area (Å²) in [5.74, 6) is 1.05. The molecule has 0 fully saturated rings. The zero-order chi connectivity index (χ0) is 14.1. The topological polar surface area (TPSA) is 65.5 Å². The first-order valence-corrected chi connectivity index (χ1v) is 6.16. The third-order valence-corrected chi connectivity index (χ3v) is 3.15. The van der Waals surface area contributed by atoms with Crippen LogP contribution >= 0.6 is 0 Å². The molecule has 0 saturated carbocycles. The number of nitrogens with two attached hydrogens (primary N) is 1. The van der Waals surface area contributed by atoms with Gasteiger partial charge in [-0.2, -0.15) is 0 Å². The second-order valence-corrected chi connectivity index (χ2v) is 4.43. The first-order valence-electron chi connectivity index (χ1n) is 6.16. The summed E-state index contributed by atoms with van der Waals surface area (Å²) in [7, 11) is 1.55. The molecule has 1 aromatic heterocycles. The summed E-state index contributed by atoms with van der Waals surface area (Å²) in [6.45, 7) is 0. The molecule has 1 heterocycles. The number of ether oxygens (including phenoxy) is 1. The van der Waals surface area contributed by atoms with Crippen molar-refractivity contribution in [2.75, 3.05) is 12.8 Å². The quantitative estimate of drug-likeness (QED) is 0.725. The monoisotopic (exact) mass is 267 g/mol. The van der Waals surface area contributed by atoms with Crippen LogP contribution in [0.2, 0.25) is 0 Å². The number of benzene rings is 2. The molecule has 4 nitrogen and oxygen atoms in total. The Morgan fingerprint density at radius 3 is 2.70 bits per heavy atom. The maximum atomic E-state index is 12.1. The van der Waals surface area contributed by atoms with E-state index < -0.39 is 0 Å². The molecule has 3 rings (SSSR count). The molecule has 2 N–H and O–H groups in total. The largest absolute Gasteiger partial charge is 0.495 e. The van der Waals surface area contributed by atoms with Crippen molar-refractivity contribution < 1.29 is 9.15 Å². The van der Waals surface area contributed by atoms with Gasteiger partial charge in [0.1, 0.15) is 17.1 Å². The van der Waals surface area contributed by atoms with Gasteiger partial charge >= 0.3 is 0 Å². The average Bonchev–Trinajstić information content (AvgIpc) is 2.47. The number of nitrogen functional groups attached to an aromatic ring is 1. The van der Waals surface area contributed by atoms with Crippen LogP contribution in [-0.4, -0.2) is 7.11 Å². The molecule has 2 aromatic carbocycles. The molecule has 0 unspecified atom stereocenters. The van der Waals surface area contributed by atoms with E-state index >= 15 is 0 Å². The lowest BCUT2D eigenvalue weighted by molar-refractivity contribution is 0.417. The van der Waals surface area contributed by atoms with Gasteiger partial charge in [-0.3, -0.25) is 4.79 Å². The standard InChI is InChI=1S/C16H13NO3/c1-19-16-8-10(6-7-12(16)17)15-9-13(18)11-4-2-3-5-14(11)20-15/h2-9H,17H2,1H3. The summed E-state index contributed by atoms with van der Waals surface area (Å²) in [6, 6.07) is 13.9. The Bertz CT molecular complexity index is 836. The lowest BCUT2D eigenvalue weighted by Gasteiger charge is -2.07. The van der Waals surface area contributed by atoms with Crippen LogP contribution in [0.25, 0.3) is 22.3 Å². The van der Waals surface area contributed by atoms with Gasteiger partial charge in [0.2, 0.25) is 0 Å². The number of anilines is 1. The minimum absolute atomic E-state index is 0.0716. The van der Waals surface area contributed by atoms with Crippen LogP contribution in [0.3, 0.4) is 0 Å². The van der Waals surface area contributed by atoms with Crippen LogP contribution in [0.5, 0.6) is 5.75 Å². The molecule has 0 aliphatic carbocycles. The number of rotatable bonds is 2. The van der Waals surface area contributed by atoms with Crippen LogP contribution < -0.4 is 15.9 Å². The normalized spacial score (nSPS) is 10.7. The highest BCUT2D eigenvalue weighted by Crippen LogP contribution is 2.29. The van der Waals surface area contributed by atoms with Crippen LogP contribution in [0.4, 0.5) is 5.69 Å². The van der Waals surface area contributed by atoms with Crippen molar-refractivity contribution in [2.24, 2.45) is 0 Å². The van der Waals surface area contributed by atoms with Gasteiger partial charge in [-0.15, -0.1) is 0 Å². The maximum absolute atomic E-state index is 12.1. The number of hydrogen-bond acceptors (Lipinski definition) is 4. The van der Waals surface area contributed by atoms with Crippen molar-refractivity contribution in [2.45, 2.75) is 0 Å². The molecular weight excluding hydrogens is 254 g/mol. The molecule has 0 aliphatic heterocycles. The van der Waals surface area contributed by atoms with Gasteiger partial charge in [0.25, 0.3) is 0 Å². The van der Waals surface area contributed by atoms with E-state index in [1.54, 1.807) is 37.4 Å².